The van der Waals surface area contributed by atoms with E-state index in [0.717, 1.165) is 6.42 Å². The number of esters is 2. The van der Waals surface area contributed by atoms with E-state index in [9.17, 15) is 9.59 Å². The smallest absolute Gasteiger partial charge is 0.334 e. The molecule has 0 N–H and O–H groups in total. The van der Waals surface area contributed by atoms with Gasteiger partial charge in [-0.05, 0) is 19.3 Å². The van der Waals surface area contributed by atoms with Crippen molar-refractivity contribution in [3.05, 3.63) is 23.3 Å². The highest BCUT2D eigenvalue weighted by atomic mass is 16.5. The van der Waals surface area contributed by atoms with Crippen LogP contribution in [0.15, 0.2) is 23.3 Å². The van der Waals surface area contributed by atoms with Crippen LogP contribution in [-0.2, 0) is 19.1 Å². The van der Waals surface area contributed by atoms with Crippen LogP contribution in [0.25, 0.3) is 0 Å². The van der Waals surface area contributed by atoms with E-state index in [2.05, 4.69) is 6.92 Å². The maximum atomic E-state index is 12.0. The molecule has 0 spiro atoms. The molecule has 0 amide bonds. The summed E-state index contributed by atoms with van der Waals surface area (Å²) in [7, 11) is 2.79. The van der Waals surface area contributed by atoms with Crippen LogP contribution >= 0.6 is 0 Å². The molecule has 0 unspecified atom stereocenters. The Morgan fingerprint density at radius 2 is 1.63 bits per heavy atom. The van der Waals surface area contributed by atoms with Crippen LogP contribution in [0.2, 0.25) is 0 Å². The van der Waals surface area contributed by atoms with Crippen LogP contribution in [0.5, 0.6) is 0 Å². The largest absolute Gasteiger partial charge is 0.466 e. The van der Waals surface area contributed by atoms with Gasteiger partial charge in [0.1, 0.15) is 0 Å². The number of ether oxygens (including phenoxy) is 2. The van der Waals surface area contributed by atoms with E-state index in [-0.39, 0.29) is 22.8 Å². The highest BCUT2D eigenvalue weighted by Gasteiger charge is 2.60. The lowest BCUT2D eigenvalue weighted by Crippen LogP contribution is -2.38. The van der Waals surface area contributed by atoms with Crippen LogP contribution in [-0.4, -0.2) is 26.2 Å². The quantitative estimate of drug-likeness (QED) is 0.734. The van der Waals surface area contributed by atoms with Crippen molar-refractivity contribution in [2.75, 3.05) is 14.2 Å². The summed E-state index contributed by atoms with van der Waals surface area (Å²) >= 11 is 0. The molecule has 0 radical (unpaired) electrons. The lowest BCUT2D eigenvalue weighted by Gasteiger charge is -2.40. The molecular formula is C15H20O4. The second-order valence-corrected chi connectivity index (χ2v) is 5.39. The Bertz CT molecular complexity index is 488. The molecule has 0 saturated carbocycles. The molecule has 0 saturated heterocycles. The van der Waals surface area contributed by atoms with Gasteiger partial charge in [-0.1, -0.05) is 26.0 Å². The van der Waals surface area contributed by atoms with Crippen molar-refractivity contribution in [1.82, 2.24) is 0 Å². The van der Waals surface area contributed by atoms with Gasteiger partial charge in [0.2, 0.25) is 0 Å². The minimum Gasteiger partial charge on any atom is -0.466 e. The van der Waals surface area contributed by atoms with Crippen molar-refractivity contribution < 1.29 is 19.1 Å². The van der Waals surface area contributed by atoms with Gasteiger partial charge in [-0.15, -0.1) is 0 Å². The number of carbonyl (C=O) groups is 2. The Hall–Kier alpha value is -1.58. The Labute approximate surface area is 113 Å². The molecule has 0 aromatic rings. The molecule has 0 bridgehead atoms. The molecule has 0 fully saturated rings. The summed E-state index contributed by atoms with van der Waals surface area (Å²) in [5.74, 6) is -0.581. The number of carbonyl (C=O) groups excluding carboxylic acids is 2. The van der Waals surface area contributed by atoms with Crippen molar-refractivity contribution in [3.8, 4) is 0 Å². The minimum atomic E-state index is -0.363. The van der Waals surface area contributed by atoms with Crippen molar-refractivity contribution in [1.29, 1.82) is 0 Å². The molecule has 104 valence electrons. The normalized spacial score (nSPS) is 32.4. The number of hydrogen-bond acceptors (Lipinski definition) is 4. The Kier molecular flexibility index (Phi) is 3.29. The van der Waals surface area contributed by atoms with Crippen molar-refractivity contribution in [2.45, 2.75) is 33.1 Å². The van der Waals surface area contributed by atoms with Gasteiger partial charge < -0.3 is 9.47 Å². The molecule has 2 atom stereocenters. The molecule has 0 heterocycles. The Balaban J connectivity index is 2.44. The first-order valence-corrected chi connectivity index (χ1v) is 6.54. The van der Waals surface area contributed by atoms with Crippen LogP contribution in [0.3, 0.4) is 0 Å². The standard InChI is InChI=1S/C15H20O4/c1-5-15-9-7-10(12(16)18-3)14(15,2)8-6-11(15)13(17)19-4/h6-7H,5,8-9H2,1-4H3/t14-,15-/m0/s1. The fourth-order valence-corrected chi connectivity index (χ4v) is 3.73. The van der Waals surface area contributed by atoms with E-state index in [1.165, 1.54) is 14.2 Å². The van der Waals surface area contributed by atoms with Gasteiger partial charge in [0, 0.05) is 22.0 Å². The number of methoxy groups -OCH3 is 2. The number of hydrogen-bond donors (Lipinski definition) is 0. The molecule has 4 nitrogen and oxygen atoms in total. The average molecular weight is 264 g/mol. The van der Waals surface area contributed by atoms with Gasteiger partial charge in [0.15, 0.2) is 0 Å². The third-order valence-electron chi connectivity index (χ3n) is 4.95. The Morgan fingerprint density at radius 1 is 1.11 bits per heavy atom. The van der Waals surface area contributed by atoms with Crippen molar-refractivity contribution in [2.24, 2.45) is 10.8 Å². The summed E-state index contributed by atoms with van der Waals surface area (Å²) in [5, 5.41) is 0. The average Bonchev–Trinajstić information content (AvgIpc) is 2.87. The van der Waals surface area contributed by atoms with E-state index >= 15 is 0 Å². The topological polar surface area (TPSA) is 52.6 Å². The summed E-state index contributed by atoms with van der Waals surface area (Å²) < 4.78 is 9.76. The second kappa shape index (κ2) is 4.51. The summed E-state index contributed by atoms with van der Waals surface area (Å²) in [6, 6.07) is 0. The maximum absolute atomic E-state index is 12.0. The number of fused-ring (bicyclic) bond motifs is 1. The van der Waals surface area contributed by atoms with Crippen LogP contribution in [0.1, 0.15) is 33.1 Å². The molecule has 2 rings (SSSR count). The van der Waals surface area contributed by atoms with Gasteiger partial charge in [0.05, 0.1) is 14.2 Å². The van der Waals surface area contributed by atoms with E-state index < -0.39 is 0 Å². The number of allylic oxidation sites excluding steroid dienone is 2. The van der Waals surface area contributed by atoms with Crippen LogP contribution < -0.4 is 0 Å². The van der Waals surface area contributed by atoms with Gasteiger partial charge in [0.25, 0.3) is 0 Å². The zero-order chi connectivity index (χ0) is 14.3. The first-order valence-electron chi connectivity index (χ1n) is 6.54. The van der Waals surface area contributed by atoms with Gasteiger partial charge in [-0.2, -0.15) is 0 Å². The first-order chi connectivity index (χ1) is 8.96. The minimum absolute atomic E-state index is 0.287. The molecule has 2 aliphatic rings. The molecule has 0 aromatic carbocycles. The second-order valence-electron chi connectivity index (χ2n) is 5.39. The Morgan fingerprint density at radius 3 is 2.16 bits per heavy atom. The molecule has 19 heavy (non-hydrogen) atoms. The highest BCUT2D eigenvalue weighted by molar-refractivity contribution is 5.96. The molecule has 0 aliphatic heterocycles. The summed E-state index contributed by atoms with van der Waals surface area (Å²) in [6.07, 6.45) is 6.00. The summed E-state index contributed by atoms with van der Waals surface area (Å²) in [4.78, 5) is 23.9. The van der Waals surface area contributed by atoms with E-state index in [4.69, 9.17) is 9.47 Å². The van der Waals surface area contributed by atoms with Crippen molar-refractivity contribution in [3.63, 3.8) is 0 Å². The molecule has 0 aromatic heterocycles. The zero-order valence-electron chi connectivity index (χ0n) is 11.9. The van der Waals surface area contributed by atoms with E-state index in [0.29, 0.717) is 24.0 Å². The SMILES string of the molecule is CC[C@@]12CC=C(C(=O)OC)[C@]1(C)CC=C2C(=O)OC. The molecular weight excluding hydrogens is 244 g/mol. The lowest BCUT2D eigenvalue weighted by molar-refractivity contribution is -0.140. The predicted molar refractivity (Wildman–Crippen MR) is 70.3 cm³/mol. The van der Waals surface area contributed by atoms with E-state index in [1.807, 2.05) is 19.1 Å². The lowest BCUT2D eigenvalue weighted by atomic mass is 9.61. The maximum Gasteiger partial charge on any atom is 0.334 e. The monoisotopic (exact) mass is 264 g/mol. The van der Waals surface area contributed by atoms with Gasteiger partial charge in [-0.25, -0.2) is 9.59 Å². The third kappa shape index (κ3) is 1.58. The van der Waals surface area contributed by atoms with E-state index in [1.54, 1.807) is 0 Å². The molecule has 4 heteroatoms. The molecule has 2 aliphatic carbocycles. The number of rotatable bonds is 3. The van der Waals surface area contributed by atoms with Crippen molar-refractivity contribution >= 4 is 11.9 Å². The fraction of sp³-hybridized carbons (Fsp3) is 0.600. The van der Waals surface area contributed by atoms with Crippen LogP contribution in [0.4, 0.5) is 0 Å². The van der Waals surface area contributed by atoms with Gasteiger partial charge >= 0.3 is 11.9 Å². The fourth-order valence-electron chi connectivity index (χ4n) is 3.73. The highest BCUT2D eigenvalue weighted by Crippen LogP contribution is 2.64. The van der Waals surface area contributed by atoms with Gasteiger partial charge in [-0.3, -0.25) is 0 Å². The predicted octanol–water partition coefficient (Wildman–Crippen LogP) is 2.40. The summed E-state index contributed by atoms with van der Waals surface area (Å²) in [6.45, 7) is 4.09. The summed E-state index contributed by atoms with van der Waals surface area (Å²) in [5.41, 5.74) is 0.698. The zero-order valence-corrected chi connectivity index (χ0v) is 11.9. The first kappa shape index (κ1) is 13.8. The van der Waals surface area contributed by atoms with Crippen LogP contribution in [0, 0.1) is 10.8 Å². The third-order valence-corrected chi connectivity index (χ3v) is 4.95.